The Morgan fingerprint density at radius 1 is 1.23 bits per heavy atom. The molecule has 0 spiro atoms. The van der Waals surface area contributed by atoms with Gasteiger partial charge < -0.3 is 24.8 Å². The van der Waals surface area contributed by atoms with Crippen molar-refractivity contribution < 1.29 is 9.53 Å². The van der Waals surface area contributed by atoms with Gasteiger partial charge in [-0.1, -0.05) is 46.7 Å². The lowest BCUT2D eigenvalue weighted by Crippen LogP contribution is -2.43. The van der Waals surface area contributed by atoms with Gasteiger partial charge in [0.05, 0.1) is 36.0 Å². The summed E-state index contributed by atoms with van der Waals surface area (Å²) in [6.07, 6.45) is 6.93. The van der Waals surface area contributed by atoms with Crippen LogP contribution < -0.4 is 10.2 Å². The maximum Gasteiger partial charge on any atom is 0.227 e. The summed E-state index contributed by atoms with van der Waals surface area (Å²) in [6.45, 7) is 2.90. The molecule has 184 valence electrons. The standard InChI is InChI=1S/C23H25Cl2N7O2S/c1-31(2)22(33)14-11-3-4-12(9-11)15(14)27-16-13(24)10-26-20-17(16)28-21(30-20)18-19(25)29-23(35-18)32-5-7-34-8-6-32/h3-4,10-12,14-15H,5-9H2,1-2H3,(H2,26,27,28,30). The molecule has 1 aliphatic heterocycles. The van der Waals surface area contributed by atoms with Crippen LogP contribution in [0.4, 0.5) is 10.8 Å². The van der Waals surface area contributed by atoms with E-state index in [4.69, 9.17) is 32.9 Å². The number of aromatic nitrogens is 4. The van der Waals surface area contributed by atoms with Crippen LogP contribution in [0.2, 0.25) is 10.2 Å². The summed E-state index contributed by atoms with van der Waals surface area (Å²) in [6, 6.07) is -0.0605. The number of amides is 1. The predicted octanol–water partition coefficient (Wildman–Crippen LogP) is 3.92. The maximum atomic E-state index is 13.0. The topological polar surface area (TPSA) is 99.3 Å². The van der Waals surface area contributed by atoms with E-state index in [-0.39, 0.29) is 29.7 Å². The minimum absolute atomic E-state index is 0.0605. The normalized spacial score (nSPS) is 25.5. The van der Waals surface area contributed by atoms with E-state index in [1.54, 1.807) is 25.2 Å². The molecule has 0 aromatic carbocycles. The van der Waals surface area contributed by atoms with Crippen LogP contribution >= 0.6 is 34.5 Å². The second kappa shape index (κ2) is 8.92. The fourth-order valence-corrected chi connectivity index (χ4v) is 6.82. The van der Waals surface area contributed by atoms with Crippen LogP contribution in [0.25, 0.3) is 21.9 Å². The first-order valence-corrected chi connectivity index (χ1v) is 13.2. The number of imidazole rings is 1. The highest BCUT2D eigenvalue weighted by atomic mass is 35.5. The number of morpholine rings is 1. The molecular formula is C23H25Cl2N7O2S. The molecule has 35 heavy (non-hydrogen) atoms. The Balaban J connectivity index is 1.35. The molecule has 3 aliphatic rings. The number of carbonyl (C=O) groups excluding carboxylic acids is 1. The second-order valence-electron chi connectivity index (χ2n) is 9.36. The molecule has 12 heteroatoms. The molecule has 4 heterocycles. The highest BCUT2D eigenvalue weighted by molar-refractivity contribution is 7.19. The number of pyridine rings is 1. The van der Waals surface area contributed by atoms with Crippen molar-refractivity contribution in [3.63, 3.8) is 0 Å². The Morgan fingerprint density at radius 3 is 2.77 bits per heavy atom. The van der Waals surface area contributed by atoms with Crippen LogP contribution in [0.1, 0.15) is 6.42 Å². The third kappa shape index (κ3) is 3.96. The molecule has 9 nitrogen and oxygen atoms in total. The monoisotopic (exact) mass is 533 g/mol. The number of anilines is 2. The van der Waals surface area contributed by atoms with Gasteiger partial charge >= 0.3 is 0 Å². The predicted molar refractivity (Wildman–Crippen MR) is 138 cm³/mol. The lowest BCUT2D eigenvalue weighted by atomic mass is 9.87. The van der Waals surface area contributed by atoms with E-state index in [2.05, 4.69) is 37.3 Å². The lowest BCUT2D eigenvalue weighted by molar-refractivity contribution is -0.133. The van der Waals surface area contributed by atoms with Gasteiger partial charge in [0.25, 0.3) is 0 Å². The summed E-state index contributed by atoms with van der Waals surface area (Å²) in [5.41, 5.74) is 1.91. The number of H-pyrrole nitrogens is 1. The molecule has 6 rings (SSSR count). The largest absolute Gasteiger partial charge is 0.378 e. The number of aromatic amines is 1. The molecule has 2 N–H and O–H groups in total. The summed E-state index contributed by atoms with van der Waals surface area (Å²) >= 11 is 14.6. The van der Waals surface area contributed by atoms with Crippen molar-refractivity contribution in [1.29, 1.82) is 0 Å². The lowest BCUT2D eigenvalue weighted by Gasteiger charge is -2.31. The molecule has 2 bridgehead atoms. The van der Waals surface area contributed by atoms with Crippen molar-refractivity contribution in [3.8, 4) is 10.7 Å². The molecule has 4 unspecified atom stereocenters. The van der Waals surface area contributed by atoms with Crippen LogP contribution in [-0.2, 0) is 9.53 Å². The fourth-order valence-electron chi connectivity index (χ4n) is 5.33. The van der Waals surface area contributed by atoms with Gasteiger partial charge in [0.1, 0.15) is 10.4 Å². The quantitative estimate of drug-likeness (QED) is 0.479. The highest BCUT2D eigenvalue weighted by Gasteiger charge is 2.49. The number of allylic oxidation sites excluding steroid dienone is 1. The number of thiazole rings is 1. The zero-order chi connectivity index (χ0) is 24.3. The zero-order valence-electron chi connectivity index (χ0n) is 19.3. The minimum Gasteiger partial charge on any atom is -0.378 e. The number of nitrogens with zero attached hydrogens (tertiary/aromatic N) is 5. The molecule has 3 aromatic rings. The van der Waals surface area contributed by atoms with Crippen molar-refractivity contribution >= 4 is 62.4 Å². The first-order chi connectivity index (χ1) is 16.9. The summed E-state index contributed by atoms with van der Waals surface area (Å²) < 4.78 is 5.44. The van der Waals surface area contributed by atoms with Crippen molar-refractivity contribution in [2.24, 2.45) is 17.8 Å². The van der Waals surface area contributed by atoms with Gasteiger partial charge in [-0.15, -0.1) is 0 Å². The smallest absolute Gasteiger partial charge is 0.227 e. The van der Waals surface area contributed by atoms with Crippen LogP contribution in [0.15, 0.2) is 18.3 Å². The van der Waals surface area contributed by atoms with Crippen molar-refractivity contribution in [1.82, 2.24) is 24.8 Å². The van der Waals surface area contributed by atoms with Gasteiger partial charge in [-0.05, 0) is 18.3 Å². The van der Waals surface area contributed by atoms with Gasteiger partial charge in [0, 0.05) is 33.2 Å². The molecule has 1 saturated heterocycles. The second-order valence-corrected chi connectivity index (χ2v) is 11.1. The third-order valence-corrected chi connectivity index (χ3v) is 8.84. The van der Waals surface area contributed by atoms with Crippen LogP contribution in [0, 0.1) is 17.8 Å². The van der Waals surface area contributed by atoms with Crippen LogP contribution in [0.3, 0.4) is 0 Å². The summed E-state index contributed by atoms with van der Waals surface area (Å²) in [5, 5.41) is 5.31. The number of carbonyl (C=O) groups is 1. The van der Waals surface area contributed by atoms with E-state index in [9.17, 15) is 4.79 Å². The summed E-state index contributed by atoms with van der Waals surface area (Å²) in [4.78, 5) is 34.6. The van der Waals surface area contributed by atoms with Gasteiger partial charge in [-0.2, -0.15) is 0 Å². The van der Waals surface area contributed by atoms with Gasteiger partial charge in [-0.25, -0.2) is 15.0 Å². The van der Waals surface area contributed by atoms with E-state index in [1.165, 1.54) is 11.3 Å². The fraction of sp³-hybridized carbons (Fsp3) is 0.478. The number of rotatable bonds is 5. The Kier molecular flexibility index (Phi) is 5.87. The van der Waals surface area contributed by atoms with Crippen molar-refractivity contribution in [3.05, 3.63) is 28.5 Å². The molecule has 1 amide bonds. The molecule has 0 radical (unpaired) electrons. The molecule has 4 atom stereocenters. The van der Waals surface area contributed by atoms with E-state index in [1.807, 2.05) is 0 Å². The Bertz CT molecular complexity index is 1320. The zero-order valence-corrected chi connectivity index (χ0v) is 21.6. The SMILES string of the molecule is CN(C)C(=O)C1C2C=CC(C2)C1Nc1c(Cl)cnc2nc(-c3sc(N4CCOCC4)nc3Cl)[nH]c12. The Morgan fingerprint density at radius 2 is 2.00 bits per heavy atom. The number of fused-ring (bicyclic) bond motifs is 3. The number of ether oxygens (including phenoxy) is 1. The first-order valence-electron chi connectivity index (χ1n) is 11.6. The highest BCUT2D eigenvalue weighted by Crippen LogP contribution is 2.47. The number of nitrogens with one attached hydrogen (secondary N) is 2. The van der Waals surface area contributed by atoms with Gasteiger partial charge in [-0.3, -0.25) is 4.79 Å². The maximum absolute atomic E-state index is 13.0. The average Bonchev–Trinajstić information content (AvgIpc) is 3.63. The van der Waals surface area contributed by atoms with Crippen LogP contribution in [-0.4, -0.2) is 77.2 Å². The molecule has 1 saturated carbocycles. The first kappa shape index (κ1) is 23.0. The van der Waals surface area contributed by atoms with Crippen molar-refractivity contribution in [2.45, 2.75) is 12.5 Å². The molecule has 2 fully saturated rings. The summed E-state index contributed by atoms with van der Waals surface area (Å²) in [7, 11) is 3.61. The van der Waals surface area contributed by atoms with Gasteiger partial charge in [0.2, 0.25) is 5.91 Å². The number of hydrogen-bond acceptors (Lipinski definition) is 8. The van der Waals surface area contributed by atoms with E-state index >= 15 is 0 Å². The number of hydrogen-bond donors (Lipinski definition) is 2. The molecule has 2 aliphatic carbocycles. The third-order valence-electron chi connectivity index (χ3n) is 7.04. The van der Waals surface area contributed by atoms with E-state index < -0.39 is 0 Å². The summed E-state index contributed by atoms with van der Waals surface area (Å²) in [5.74, 6) is 1.07. The van der Waals surface area contributed by atoms with Crippen LogP contribution in [0.5, 0.6) is 0 Å². The Labute approximate surface area is 216 Å². The van der Waals surface area contributed by atoms with Gasteiger partial charge in [0.15, 0.2) is 21.8 Å². The molecular weight excluding hydrogens is 509 g/mol. The molecule has 3 aromatic heterocycles. The van der Waals surface area contributed by atoms with E-state index in [0.717, 1.165) is 29.5 Å². The number of halogens is 2. The van der Waals surface area contributed by atoms with Crippen molar-refractivity contribution in [2.75, 3.05) is 50.6 Å². The minimum atomic E-state index is -0.145. The Hall–Kier alpha value is -2.40. The average molecular weight is 534 g/mol. The van der Waals surface area contributed by atoms with E-state index in [0.29, 0.717) is 46.1 Å².